The van der Waals surface area contributed by atoms with Crippen LogP contribution >= 0.6 is 11.3 Å². The molecule has 2 aromatic carbocycles. The highest BCUT2D eigenvalue weighted by atomic mass is 32.1. The highest BCUT2D eigenvalue weighted by molar-refractivity contribution is 7.13. The fraction of sp³-hybridized carbons (Fsp3) is 0.524. The summed E-state index contributed by atoms with van der Waals surface area (Å²) in [6.07, 6.45) is 1.63. The number of esters is 2. The fourth-order valence-corrected chi connectivity index (χ4v) is 7.44. The number of aliphatic hydroxyl groups excluding tert-OH is 1. The summed E-state index contributed by atoms with van der Waals surface area (Å²) in [5.41, 5.74) is 1.34. The maximum absolute atomic E-state index is 14.2. The Morgan fingerprint density at radius 1 is 1.00 bits per heavy atom. The van der Waals surface area contributed by atoms with Crippen LogP contribution in [0.4, 0.5) is 0 Å². The number of aromatic nitrogens is 1. The number of aldehydes is 1. The Morgan fingerprint density at radius 3 is 2.26 bits per heavy atom. The van der Waals surface area contributed by atoms with E-state index in [1.165, 1.54) is 12.0 Å². The molecule has 1 aliphatic heterocycles. The molecule has 1 unspecified atom stereocenters. The van der Waals surface area contributed by atoms with Crippen molar-refractivity contribution in [2.24, 2.45) is 5.41 Å². The Kier molecular flexibility index (Phi) is 15.5. The Bertz CT molecular complexity index is 1840. The summed E-state index contributed by atoms with van der Waals surface area (Å²) in [4.78, 5) is 73.4. The number of nitrogens with zero attached hydrogens (tertiary/aromatic N) is 2. The minimum Gasteiger partial charge on any atom is -0.494 e. The number of carbonyl (C=O) groups excluding carboxylic acids is 5. The number of thiazole rings is 1. The first-order chi connectivity index (χ1) is 26.9. The summed E-state index contributed by atoms with van der Waals surface area (Å²) < 4.78 is 16.1. The second-order valence-electron chi connectivity index (χ2n) is 16.2. The van der Waals surface area contributed by atoms with Crippen LogP contribution in [0.2, 0.25) is 0 Å². The van der Waals surface area contributed by atoms with Crippen LogP contribution in [0.3, 0.4) is 0 Å². The number of rotatable bonds is 18. The van der Waals surface area contributed by atoms with Gasteiger partial charge in [-0.2, -0.15) is 0 Å². The van der Waals surface area contributed by atoms with Gasteiger partial charge in [-0.1, -0.05) is 45.0 Å². The largest absolute Gasteiger partial charge is 0.494 e. The van der Waals surface area contributed by atoms with E-state index >= 15 is 0 Å². The monoisotopic (exact) mass is 807 g/mol. The van der Waals surface area contributed by atoms with Crippen LogP contribution in [0.1, 0.15) is 88.8 Å². The molecular weight excluding hydrogens is 751 g/mol. The second-order valence-corrected chi connectivity index (χ2v) is 17.1. The molecule has 2 heterocycles. The van der Waals surface area contributed by atoms with Crippen molar-refractivity contribution in [3.8, 4) is 16.2 Å². The van der Waals surface area contributed by atoms with Gasteiger partial charge in [0.25, 0.3) is 5.91 Å². The predicted octanol–water partition coefficient (Wildman–Crippen LogP) is 4.56. The Balaban J connectivity index is 1.42. The third kappa shape index (κ3) is 11.9. The maximum Gasteiger partial charge on any atom is 0.337 e. The number of benzene rings is 2. The van der Waals surface area contributed by atoms with Crippen LogP contribution in [0.25, 0.3) is 10.4 Å². The van der Waals surface area contributed by atoms with E-state index < -0.39 is 58.6 Å². The van der Waals surface area contributed by atoms with Gasteiger partial charge in [-0.25, -0.2) is 14.6 Å². The van der Waals surface area contributed by atoms with Crippen LogP contribution in [0.15, 0.2) is 54.0 Å². The zero-order valence-corrected chi connectivity index (χ0v) is 35.0. The van der Waals surface area contributed by atoms with Crippen LogP contribution < -0.4 is 20.7 Å². The lowest BCUT2D eigenvalue weighted by atomic mass is 9.79. The number of β-amino-alcohol motifs (C(OH)–C–C–N with tert-alkyl or cyclic N) is 1. The van der Waals surface area contributed by atoms with Crippen LogP contribution in [0.5, 0.6) is 5.75 Å². The van der Waals surface area contributed by atoms with Gasteiger partial charge in [-0.05, 0) is 95.3 Å². The third-order valence-electron chi connectivity index (χ3n) is 9.71. The lowest BCUT2D eigenvalue weighted by Crippen LogP contribution is -2.73. The van der Waals surface area contributed by atoms with Crippen molar-refractivity contribution < 1.29 is 43.3 Å². The first-order valence-corrected chi connectivity index (χ1v) is 20.0. The number of aryl methyl sites for hydroxylation is 1. The van der Waals surface area contributed by atoms with Gasteiger partial charge in [-0.15, -0.1) is 11.3 Å². The van der Waals surface area contributed by atoms with Gasteiger partial charge in [-0.3, -0.25) is 24.6 Å². The number of amides is 2. The third-order valence-corrected chi connectivity index (χ3v) is 10.7. The van der Waals surface area contributed by atoms with E-state index in [9.17, 15) is 29.1 Å². The lowest BCUT2D eigenvalue weighted by Gasteiger charge is -2.49. The molecular formula is C42H57N5O9S. The number of hydrogen-bond donors (Lipinski definition) is 4. The molecule has 1 aromatic heterocycles. The number of nitrogens with one attached hydrogen (secondary N) is 3. The predicted molar refractivity (Wildman–Crippen MR) is 216 cm³/mol. The number of hydrogen-bond acceptors (Lipinski definition) is 13. The smallest absolute Gasteiger partial charge is 0.337 e. The summed E-state index contributed by atoms with van der Waals surface area (Å²) >= 11 is 1.56. The van der Waals surface area contributed by atoms with E-state index in [1.807, 2.05) is 31.2 Å². The standard InChI is InChI=1S/C42H57N5O9S/c1-27-35(57-26-45-27)29-14-12-28(13-15-29)23-44-36(50)33-22-31(49)24-47(33)42(25-48,40(2,3)4)46-37(51)34(39(53)56-41(5,6)7)43-20-10-9-11-21-55-32-18-16-30(17-19-32)38(52)54-8/h12-19,25-26,31,33-34,43,49H,9-11,20-24H2,1-8H3,(H,44,50)(H,46,51)/t31-,33+,34?,42-/m1/s1. The molecule has 0 aliphatic carbocycles. The summed E-state index contributed by atoms with van der Waals surface area (Å²) in [7, 11) is 1.32. The summed E-state index contributed by atoms with van der Waals surface area (Å²) in [5.74, 6) is -1.86. The van der Waals surface area contributed by atoms with Crippen LogP contribution in [-0.4, -0.2) is 101 Å². The van der Waals surface area contributed by atoms with Crippen molar-refractivity contribution in [3.05, 3.63) is 70.9 Å². The SMILES string of the molecule is COC(=O)c1ccc(OCCCCCNC(C(=O)N[C@](C=O)(N2C[C@H](O)C[C@H]2C(=O)NCc2ccc(-c3scnc3C)cc2)C(C)(C)C)C(=O)OC(C)(C)C)cc1. The quantitative estimate of drug-likeness (QED) is 0.0609. The normalized spacial score (nSPS) is 17.6. The second kappa shape index (κ2) is 19.6. The van der Waals surface area contributed by atoms with Gasteiger partial charge in [0, 0.05) is 18.5 Å². The van der Waals surface area contributed by atoms with E-state index in [0.29, 0.717) is 43.5 Å². The molecule has 15 heteroatoms. The summed E-state index contributed by atoms with van der Waals surface area (Å²) in [6, 6.07) is 12.0. The van der Waals surface area contributed by atoms with Crippen LogP contribution in [-0.2, 0) is 35.2 Å². The molecule has 0 radical (unpaired) electrons. The number of unbranched alkanes of at least 4 members (excludes halogenated alkanes) is 2. The molecule has 4 rings (SSSR count). The number of ether oxygens (including phenoxy) is 3. The zero-order valence-electron chi connectivity index (χ0n) is 34.2. The minimum absolute atomic E-state index is 0.0349. The van der Waals surface area contributed by atoms with Gasteiger partial charge in [0.15, 0.2) is 18.0 Å². The number of likely N-dealkylation sites (tertiary alicyclic amines) is 1. The topological polar surface area (TPSA) is 185 Å². The average Bonchev–Trinajstić information content (AvgIpc) is 3.77. The van der Waals surface area contributed by atoms with E-state index in [-0.39, 0.29) is 26.1 Å². The van der Waals surface area contributed by atoms with Crippen molar-refractivity contribution in [2.45, 2.75) is 110 Å². The van der Waals surface area contributed by atoms with Crippen molar-refractivity contribution in [1.29, 1.82) is 0 Å². The molecule has 0 saturated carbocycles. The molecule has 1 aliphatic rings. The van der Waals surface area contributed by atoms with Crippen molar-refractivity contribution in [3.63, 3.8) is 0 Å². The molecule has 2 amide bonds. The number of carbonyl (C=O) groups is 5. The molecule has 0 spiro atoms. The fourth-order valence-electron chi connectivity index (χ4n) is 6.63. The molecule has 3 aromatic rings. The van der Waals surface area contributed by atoms with E-state index in [4.69, 9.17) is 14.2 Å². The Morgan fingerprint density at radius 2 is 1.68 bits per heavy atom. The molecule has 57 heavy (non-hydrogen) atoms. The van der Waals surface area contributed by atoms with E-state index in [0.717, 1.165) is 21.7 Å². The van der Waals surface area contributed by atoms with Crippen molar-refractivity contribution >= 4 is 41.4 Å². The zero-order chi connectivity index (χ0) is 42.0. The Hall–Kier alpha value is -4.70. The number of methoxy groups -OCH3 is 1. The molecule has 1 fully saturated rings. The number of aliphatic hydroxyl groups is 1. The van der Waals surface area contributed by atoms with Crippen LogP contribution in [0, 0.1) is 12.3 Å². The molecule has 14 nitrogen and oxygen atoms in total. The first kappa shape index (κ1) is 45.0. The Labute approximate surface area is 339 Å². The molecule has 4 atom stereocenters. The maximum atomic E-state index is 14.2. The van der Waals surface area contributed by atoms with Gasteiger partial charge in [0.2, 0.25) is 5.91 Å². The van der Waals surface area contributed by atoms with Crippen molar-refractivity contribution in [2.75, 3.05) is 26.8 Å². The highest BCUT2D eigenvalue weighted by Gasteiger charge is 2.56. The van der Waals surface area contributed by atoms with Gasteiger partial charge < -0.3 is 30.0 Å². The van der Waals surface area contributed by atoms with Gasteiger partial charge in [0.05, 0.1) is 47.5 Å². The first-order valence-electron chi connectivity index (χ1n) is 19.2. The molecule has 0 bridgehead atoms. The molecule has 4 N–H and O–H groups in total. The molecule has 310 valence electrons. The average molecular weight is 808 g/mol. The highest BCUT2D eigenvalue weighted by Crippen LogP contribution is 2.38. The minimum atomic E-state index is -1.80. The van der Waals surface area contributed by atoms with Gasteiger partial charge >= 0.3 is 11.9 Å². The summed E-state index contributed by atoms with van der Waals surface area (Å²) in [6.45, 7) is 13.1. The van der Waals surface area contributed by atoms with Gasteiger partial charge in [0.1, 0.15) is 11.4 Å². The summed E-state index contributed by atoms with van der Waals surface area (Å²) in [5, 5.41) is 19.7. The van der Waals surface area contributed by atoms with E-state index in [1.54, 1.807) is 82.7 Å². The van der Waals surface area contributed by atoms with Crippen molar-refractivity contribution in [1.82, 2.24) is 25.8 Å². The molecule has 1 saturated heterocycles. The van der Waals surface area contributed by atoms with E-state index in [2.05, 4.69) is 20.9 Å². The lowest BCUT2D eigenvalue weighted by molar-refractivity contribution is -0.162.